The van der Waals surface area contributed by atoms with Crippen molar-refractivity contribution in [1.29, 1.82) is 0 Å². The van der Waals surface area contributed by atoms with Crippen LogP contribution in [0.5, 0.6) is 5.75 Å². The lowest BCUT2D eigenvalue weighted by atomic mass is 9.94. The molecule has 2 aromatic carbocycles. The number of halogens is 1. The van der Waals surface area contributed by atoms with E-state index in [1.165, 1.54) is 25.4 Å². The highest BCUT2D eigenvalue weighted by Gasteiger charge is 2.26. The molecule has 1 aliphatic rings. The molecule has 0 spiro atoms. The molecule has 152 valence electrons. The monoisotopic (exact) mass is 408 g/mol. The van der Waals surface area contributed by atoms with Crippen LogP contribution in [-0.2, 0) is 6.42 Å². The second-order valence-corrected chi connectivity index (χ2v) is 6.77. The first-order valence-corrected chi connectivity index (χ1v) is 9.09. The summed E-state index contributed by atoms with van der Waals surface area (Å²) in [7, 11) is 1.24. The molecule has 0 aliphatic carbocycles. The number of carbonyl (C=O) groups excluding carboxylic acids is 1. The van der Waals surface area contributed by atoms with Crippen molar-refractivity contribution in [2.75, 3.05) is 19.4 Å². The Bertz CT molecular complexity index is 1200. The van der Waals surface area contributed by atoms with Gasteiger partial charge in [0.1, 0.15) is 5.82 Å². The zero-order valence-corrected chi connectivity index (χ0v) is 15.9. The smallest absolute Gasteiger partial charge is 0.346 e. The number of carbonyl (C=O) groups is 1. The van der Waals surface area contributed by atoms with Gasteiger partial charge in [0.15, 0.2) is 5.75 Å². The van der Waals surface area contributed by atoms with E-state index in [4.69, 9.17) is 10.5 Å². The number of methoxy groups -OCH3 is 1. The third-order valence-corrected chi connectivity index (χ3v) is 5.05. The number of nitrogens with zero attached hydrogens (tertiary/aromatic N) is 2. The van der Waals surface area contributed by atoms with Gasteiger partial charge in [0.05, 0.1) is 12.0 Å². The van der Waals surface area contributed by atoms with Crippen LogP contribution in [0, 0.1) is 15.9 Å². The van der Waals surface area contributed by atoms with E-state index in [-0.39, 0.29) is 23.0 Å². The third kappa shape index (κ3) is 3.20. The van der Waals surface area contributed by atoms with Gasteiger partial charge in [0.2, 0.25) is 5.82 Å². The molecule has 0 unspecified atom stereocenters. The number of ether oxygens (including phenoxy) is 1. The van der Waals surface area contributed by atoms with Gasteiger partial charge in [-0.2, -0.15) is 4.39 Å². The normalized spacial score (nSPS) is 12.8. The van der Waals surface area contributed by atoms with Crippen molar-refractivity contribution >= 4 is 17.4 Å². The predicted molar refractivity (Wildman–Crippen MR) is 109 cm³/mol. The Balaban J connectivity index is 1.83. The molecule has 8 nitrogen and oxygen atoms in total. The van der Waals surface area contributed by atoms with E-state index in [9.17, 15) is 19.3 Å². The summed E-state index contributed by atoms with van der Waals surface area (Å²) in [5.74, 6) is -1.09. The van der Waals surface area contributed by atoms with Crippen molar-refractivity contribution in [2.24, 2.45) is 0 Å². The number of aromatic nitrogens is 1. The van der Waals surface area contributed by atoms with E-state index in [2.05, 4.69) is 10.3 Å². The maximum atomic E-state index is 14.9. The van der Waals surface area contributed by atoms with Crippen LogP contribution in [0.15, 0.2) is 42.6 Å². The number of hydrogen-bond donors (Lipinski definition) is 2. The Hall–Kier alpha value is -4.01. The number of nitrogen functional groups attached to an aromatic ring is 1. The summed E-state index contributed by atoms with van der Waals surface area (Å²) in [4.78, 5) is 26.6. The summed E-state index contributed by atoms with van der Waals surface area (Å²) in [6, 6.07) is 9.68. The zero-order chi connectivity index (χ0) is 21.4. The molecule has 0 atom stereocenters. The fraction of sp³-hybridized carbons (Fsp3) is 0.143. The number of benzene rings is 2. The zero-order valence-electron chi connectivity index (χ0n) is 15.9. The molecule has 0 saturated carbocycles. The van der Waals surface area contributed by atoms with Crippen LogP contribution in [0.1, 0.15) is 15.9 Å². The Kier molecular flexibility index (Phi) is 4.78. The van der Waals surface area contributed by atoms with Crippen LogP contribution in [-0.4, -0.2) is 29.5 Å². The highest BCUT2D eigenvalue weighted by molar-refractivity contribution is 5.97. The standard InChI is InChI=1S/C21H17FN4O4/c1-30-17-5-4-14(18(22)19(17)26(28)29)13-9-16(20(23)25-10-13)11-2-3-15-12(8-11)6-7-24-21(15)27/h2-5,8-10H,6-7H2,1H3,(H2,23,25)(H,24,27). The topological polar surface area (TPSA) is 120 Å². The third-order valence-electron chi connectivity index (χ3n) is 5.05. The van der Waals surface area contributed by atoms with Crippen LogP contribution in [0.4, 0.5) is 15.9 Å². The Morgan fingerprint density at radius 1 is 1.17 bits per heavy atom. The molecule has 1 amide bonds. The highest BCUT2D eigenvalue weighted by atomic mass is 19.1. The lowest BCUT2D eigenvalue weighted by molar-refractivity contribution is -0.388. The van der Waals surface area contributed by atoms with Crippen LogP contribution in [0.2, 0.25) is 0 Å². The number of hydrogen-bond acceptors (Lipinski definition) is 6. The van der Waals surface area contributed by atoms with E-state index in [1.807, 2.05) is 6.07 Å². The summed E-state index contributed by atoms with van der Waals surface area (Å²) in [6.45, 7) is 0.545. The molecule has 0 radical (unpaired) electrons. The molecule has 9 heteroatoms. The number of amides is 1. The van der Waals surface area contributed by atoms with E-state index in [0.717, 1.165) is 11.1 Å². The number of rotatable bonds is 4. The molecule has 30 heavy (non-hydrogen) atoms. The highest BCUT2D eigenvalue weighted by Crippen LogP contribution is 2.38. The van der Waals surface area contributed by atoms with Gasteiger partial charge >= 0.3 is 5.69 Å². The van der Waals surface area contributed by atoms with Crippen LogP contribution >= 0.6 is 0 Å². The number of nitro groups is 1. The predicted octanol–water partition coefficient (Wildman–Crippen LogP) is 3.34. The minimum atomic E-state index is -1.01. The molecular formula is C21H17FN4O4. The minimum Gasteiger partial charge on any atom is -0.490 e. The molecule has 2 heterocycles. The van der Waals surface area contributed by atoms with Gasteiger partial charge in [-0.3, -0.25) is 14.9 Å². The van der Waals surface area contributed by atoms with E-state index < -0.39 is 16.4 Å². The fourth-order valence-electron chi connectivity index (χ4n) is 3.55. The van der Waals surface area contributed by atoms with Crippen molar-refractivity contribution in [1.82, 2.24) is 10.3 Å². The van der Waals surface area contributed by atoms with Gasteiger partial charge in [-0.1, -0.05) is 12.1 Å². The number of pyridine rings is 1. The van der Waals surface area contributed by atoms with Gasteiger partial charge in [-0.25, -0.2) is 4.98 Å². The number of fused-ring (bicyclic) bond motifs is 1. The van der Waals surface area contributed by atoms with Crippen LogP contribution in [0.3, 0.4) is 0 Å². The summed E-state index contributed by atoms with van der Waals surface area (Å²) < 4.78 is 19.8. The van der Waals surface area contributed by atoms with Gasteiger partial charge in [0, 0.05) is 35.0 Å². The summed E-state index contributed by atoms with van der Waals surface area (Å²) in [5.41, 5.74) is 8.39. The molecule has 0 saturated heterocycles. The lowest BCUT2D eigenvalue weighted by Crippen LogP contribution is -2.31. The molecule has 4 rings (SSSR count). The van der Waals surface area contributed by atoms with Crippen molar-refractivity contribution in [2.45, 2.75) is 6.42 Å². The van der Waals surface area contributed by atoms with E-state index in [1.54, 1.807) is 18.2 Å². The molecule has 3 N–H and O–H groups in total. The molecule has 3 aromatic rings. The second-order valence-electron chi connectivity index (χ2n) is 6.77. The quantitative estimate of drug-likeness (QED) is 0.505. The van der Waals surface area contributed by atoms with Crippen LogP contribution < -0.4 is 15.8 Å². The molecular weight excluding hydrogens is 391 g/mol. The first-order chi connectivity index (χ1) is 14.4. The Labute approximate surface area is 170 Å². The molecule has 0 fully saturated rings. The van der Waals surface area contributed by atoms with E-state index >= 15 is 0 Å². The van der Waals surface area contributed by atoms with Gasteiger partial charge < -0.3 is 15.8 Å². The maximum absolute atomic E-state index is 14.9. The first-order valence-electron chi connectivity index (χ1n) is 9.09. The van der Waals surface area contributed by atoms with Crippen molar-refractivity contribution < 1.29 is 18.8 Å². The molecule has 1 aromatic heterocycles. The summed E-state index contributed by atoms with van der Waals surface area (Å²) in [5, 5.41) is 14.1. The lowest BCUT2D eigenvalue weighted by Gasteiger charge is -2.18. The Morgan fingerprint density at radius 2 is 1.93 bits per heavy atom. The molecule has 1 aliphatic heterocycles. The second kappa shape index (κ2) is 7.43. The molecule has 0 bridgehead atoms. The van der Waals surface area contributed by atoms with Crippen LogP contribution in [0.25, 0.3) is 22.3 Å². The van der Waals surface area contributed by atoms with Gasteiger partial charge in [-0.05, 0) is 41.8 Å². The van der Waals surface area contributed by atoms with Crippen molar-refractivity contribution in [3.8, 4) is 28.0 Å². The number of nitrogens with two attached hydrogens (primary N) is 1. The first kappa shape index (κ1) is 19.3. The van der Waals surface area contributed by atoms with Gasteiger partial charge in [0.25, 0.3) is 5.91 Å². The summed E-state index contributed by atoms with van der Waals surface area (Å²) >= 11 is 0. The minimum absolute atomic E-state index is 0.00795. The Morgan fingerprint density at radius 3 is 2.67 bits per heavy atom. The average Bonchev–Trinajstić information content (AvgIpc) is 2.73. The number of anilines is 1. The fourth-order valence-corrected chi connectivity index (χ4v) is 3.55. The van der Waals surface area contributed by atoms with Crippen molar-refractivity contribution in [3.05, 3.63) is 69.7 Å². The van der Waals surface area contributed by atoms with Crippen molar-refractivity contribution in [3.63, 3.8) is 0 Å². The SMILES string of the molecule is COc1ccc(-c2cnc(N)c(-c3ccc4c(c3)CCNC4=O)c2)c(F)c1[N+](=O)[O-]. The average molecular weight is 408 g/mol. The number of nitro benzene ring substituents is 1. The van der Waals surface area contributed by atoms with Gasteiger partial charge in [-0.15, -0.1) is 0 Å². The van der Waals surface area contributed by atoms with E-state index in [0.29, 0.717) is 29.7 Å². The number of nitrogens with one attached hydrogen (secondary N) is 1. The maximum Gasteiger partial charge on any atom is 0.346 e. The summed E-state index contributed by atoms with van der Waals surface area (Å²) in [6.07, 6.45) is 2.04. The largest absolute Gasteiger partial charge is 0.490 e.